The highest BCUT2D eigenvalue weighted by molar-refractivity contribution is 5.77. The standard InChI is InChI=1S/C4H9N7/c1-6-4(5)7-2-3-8-10-11-9-3/h2H2,1H3,(H3,5,6,7)(H,8,9,10,11). The topological polar surface area (TPSA) is 105 Å². The van der Waals surface area contributed by atoms with E-state index >= 15 is 0 Å². The summed E-state index contributed by atoms with van der Waals surface area (Å²) in [5.74, 6) is 0.909. The lowest BCUT2D eigenvalue weighted by atomic mass is 10.6. The van der Waals surface area contributed by atoms with Crippen LogP contribution in [0, 0.1) is 0 Å². The van der Waals surface area contributed by atoms with Crippen molar-refractivity contribution in [1.29, 1.82) is 0 Å². The quantitative estimate of drug-likeness (QED) is 0.346. The monoisotopic (exact) mass is 155 g/mol. The largest absolute Gasteiger partial charge is 0.370 e. The highest BCUT2D eigenvalue weighted by atomic mass is 15.5. The molecule has 7 heteroatoms. The molecule has 0 aromatic carbocycles. The Morgan fingerprint density at radius 1 is 1.82 bits per heavy atom. The Hall–Kier alpha value is -1.66. The Kier molecular flexibility index (Phi) is 2.37. The number of tetrazole rings is 1. The average Bonchev–Trinajstić information content (AvgIpc) is 2.52. The van der Waals surface area contributed by atoms with Gasteiger partial charge in [0.15, 0.2) is 11.8 Å². The zero-order valence-electron chi connectivity index (χ0n) is 6.07. The first kappa shape index (κ1) is 7.45. The first-order valence-electron chi connectivity index (χ1n) is 3.01. The van der Waals surface area contributed by atoms with Crippen LogP contribution >= 0.6 is 0 Å². The lowest BCUT2D eigenvalue weighted by Crippen LogP contribution is -2.31. The van der Waals surface area contributed by atoms with Crippen molar-refractivity contribution in [2.45, 2.75) is 6.54 Å². The van der Waals surface area contributed by atoms with E-state index in [0.29, 0.717) is 18.3 Å². The van der Waals surface area contributed by atoms with Gasteiger partial charge in [-0.05, 0) is 0 Å². The number of nitrogens with two attached hydrogens (primary N) is 1. The smallest absolute Gasteiger partial charge is 0.193 e. The SMILES string of the molecule is CN=C(N)NCc1nn[nH]n1. The van der Waals surface area contributed by atoms with Crippen LogP contribution in [0.25, 0.3) is 0 Å². The molecule has 0 saturated carbocycles. The predicted octanol–water partition coefficient (Wildman–Crippen LogP) is -1.77. The fraction of sp³-hybridized carbons (Fsp3) is 0.500. The van der Waals surface area contributed by atoms with E-state index in [1.165, 1.54) is 0 Å². The van der Waals surface area contributed by atoms with Crippen LogP contribution in [0.2, 0.25) is 0 Å². The summed E-state index contributed by atoms with van der Waals surface area (Å²) >= 11 is 0. The van der Waals surface area contributed by atoms with Crippen molar-refractivity contribution < 1.29 is 0 Å². The molecule has 0 bridgehead atoms. The molecule has 0 atom stereocenters. The summed E-state index contributed by atoms with van der Waals surface area (Å²) in [4.78, 5) is 3.69. The first-order chi connectivity index (χ1) is 5.33. The van der Waals surface area contributed by atoms with Crippen LogP contribution in [-0.4, -0.2) is 33.6 Å². The van der Waals surface area contributed by atoms with Crippen LogP contribution in [0.3, 0.4) is 0 Å². The maximum Gasteiger partial charge on any atom is 0.193 e. The van der Waals surface area contributed by atoms with Crippen LogP contribution < -0.4 is 11.1 Å². The number of H-pyrrole nitrogens is 1. The van der Waals surface area contributed by atoms with Gasteiger partial charge in [0, 0.05) is 7.05 Å². The molecule has 0 unspecified atom stereocenters. The highest BCUT2D eigenvalue weighted by Gasteiger charge is 1.96. The Morgan fingerprint density at radius 2 is 2.64 bits per heavy atom. The second kappa shape index (κ2) is 3.49. The third-order valence-corrected chi connectivity index (χ3v) is 1.06. The molecular weight excluding hydrogens is 146 g/mol. The van der Waals surface area contributed by atoms with E-state index < -0.39 is 0 Å². The lowest BCUT2D eigenvalue weighted by molar-refractivity contribution is 0.822. The van der Waals surface area contributed by atoms with Crippen LogP contribution in [0.1, 0.15) is 5.82 Å². The van der Waals surface area contributed by atoms with Gasteiger partial charge in [-0.25, -0.2) is 0 Å². The van der Waals surface area contributed by atoms with E-state index in [1.807, 2.05) is 0 Å². The summed E-state index contributed by atoms with van der Waals surface area (Å²) < 4.78 is 0. The zero-order valence-corrected chi connectivity index (χ0v) is 6.07. The molecule has 60 valence electrons. The van der Waals surface area contributed by atoms with Crippen molar-refractivity contribution in [3.05, 3.63) is 5.82 Å². The Morgan fingerprint density at radius 3 is 3.18 bits per heavy atom. The van der Waals surface area contributed by atoms with Crippen molar-refractivity contribution >= 4 is 5.96 Å². The van der Waals surface area contributed by atoms with Gasteiger partial charge in [0.05, 0.1) is 6.54 Å². The van der Waals surface area contributed by atoms with Crippen LogP contribution in [0.4, 0.5) is 0 Å². The van der Waals surface area contributed by atoms with Gasteiger partial charge in [0.2, 0.25) is 0 Å². The number of aliphatic imine (C=N–C) groups is 1. The first-order valence-corrected chi connectivity index (χ1v) is 3.01. The van der Waals surface area contributed by atoms with Crippen molar-refractivity contribution in [2.24, 2.45) is 10.7 Å². The molecule has 0 saturated heterocycles. The normalized spacial score (nSPS) is 11.5. The summed E-state index contributed by atoms with van der Waals surface area (Å²) in [6.07, 6.45) is 0. The predicted molar refractivity (Wildman–Crippen MR) is 38.6 cm³/mol. The van der Waals surface area contributed by atoms with Gasteiger partial charge in [-0.1, -0.05) is 5.21 Å². The van der Waals surface area contributed by atoms with Crippen LogP contribution in [-0.2, 0) is 6.54 Å². The molecule has 0 aliphatic heterocycles. The van der Waals surface area contributed by atoms with E-state index in [9.17, 15) is 0 Å². The number of rotatable bonds is 2. The van der Waals surface area contributed by atoms with Gasteiger partial charge in [-0.3, -0.25) is 4.99 Å². The van der Waals surface area contributed by atoms with Gasteiger partial charge in [-0.15, -0.1) is 10.2 Å². The molecule has 4 N–H and O–H groups in total. The molecule has 7 nitrogen and oxygen atoms in total. The molecule has 0 spiro atoms. The molecule has 1 heterocycles. The van der Waals surface area contributed by atoms with Gasteiger partial charge in [0.25, 0.3) is 0 Å². The maximum absolute atomic E-state index is 5.34. The van der Waals surface area contributed by atoms with Crippen LogP contribution in [0.15, 0.2) is 4.99 Å². The number of hydrogen-bond acceptors (Lipinski definition) is 4. The van der Waals surface area contributed by atoms with E-state index in [1.54, 1.807) is 7.05 Å². The number of hydrogen-bond donors (Lipinski definition) is 3. The number of guanidine groups is 1. The summed E-state index contributed by atoms with van der Waals surface area (Å²) in [7, 11) is 1.60. The van der Waals surface area contributed by atoms with Crippen molar-refractivity contribution in [3.63, 3.8) is 0 Å². The second-order valence-corrected chi connectivity index (χ2v) is 1.79. The third kappa shape index (κ3) is 2.20. The molecule has 0 amide bonds. The van der Waals surface area contributed by atoms with Gasteiger partial charge in [-0.2, -0.15) is 5.21 Å². The number of nitrogens with one attached hydrogen (secondary N) is 2. The van der Waals surface area contributed by atoms with Crippen molar-refractivity contribution in [3.8, 4) is 0 Å². The van der Waals surface area contributed by atoms with E-state index in [-0.39, 0.29) is 0 Å². The molecule has 1 rings (SSSR count). The van der Waals surface area contributed by atoms with Crippen molar-refractivity contribution in [2.75, 3.05) is 7.05 Å². The lowest BCUT2D eigenvalue weighted by Gasteiger charge is -1.98. The molecular formula is C4H9N7. The molecule has 1 aromatic rings. The van der Waals surface area contributed by atoms with Crippen LogP contribution in [0.5, 0.6) is 0 Å². The molecule has 0 aliphatic rings. The Bertz CT molecular complexity index is 225. The highest BCUT2D eigenvalue weighted by Crippen LogP contribution is 1.79. The third-order valence-electron chi connectivity index (χ3n) is 1.06. The zero-order chi connectivity index (χ0) is 8.10. The molecule has 1 aromatic heterocycles. The molecule has 0 aliphatic carbocycles. The number of nitrogens with zero attached hydrogens (tertiary/aromatic N) is 4. The van der Waals surface area contributed by atoms with E-state index in [0.717, 1.165) is 0 Å². The molecule has 11 heavy (non-hydrogen) atoms. The van der Waals surface area contributed by atoms with Gasteiger partial charge < -0.3 is 11.1 Å². The number of aromatic nitrogens is 4. The minimum Gasteiger partial charge on any atom is -0.370 e. The average molecular weight is 155 g/mol. The van der Waals surface area contributed by atoms with E-state index in [2.05, 4.69) is 30.9 Å². The summed E-state index contributed by atoms with van der Waals surface area (Å²) in [6.45, 7) is 0.430. The second-order valence-electron chi connectivity index (χ2n) is 1.79. The molecule has 0 radical (unpaired) electrons. The van der Waals surface area contributed by atoms with Gasteiger partial charge >= 0.3 is 0 Å². The summed E-state index contributed by atoms with van der Waals surface area (Å²) in [5.41, 5.74) is 5.34. The summed E-state index contributed by atoms with van der Waals surface area (Å²) in [6, 6.07) is 0. The van der Waals surface area contributed by atoms with Gasteiger partial charge in [0.1, 0.15) is 0 Å². The Balaban J connectivity index is 2.35. The maximum atomic E-state index is 5.34. The van der Waals surface area contributed by atoms with E-state index in [4.69, 9.17) is 5.73 Å². The minimum atomic E-state index is 0.356. The number of aromatic amines is 1. The van der Waals surface area contributed by atoms with Crippen molar-refractivity contribution in [1.82, 2.24) is 25.9 Å². The fourth-order valence-corrected chi connectivity index (χ4v) is 0.506. The fourth-order valence-electron chi connectivity index (χ4n) is 0.506. The minimum absolute atomic E-state index is 0.356. The Labute approximate surface area is 63.1 Å². The summed E-state index contributed by atoms with van der Waals surface area (Å²) in [5, 5.41) is 15.9. The molecule has 0 fully saturated rings.